The van der Waals surface area contributed by atoms with Crippen LogP contribution >= 0.6 is 0 Å². The van der Waals surface area contributed by atoms with E-state index in [9.17, 15) is 0 Å². The second kappa shape index (κ2) is 10.7. The van der Waals surface area contributed by atoms with Crippen LogP contribution in [0.5, 0.6) is 0 Å². The van der Waals surface area contributed by atoms with Gasteiger partial charge in [-0.3, -0.25) is 0 Å². The monoisotopic (exact) mass is 450 g/mol. The molecule has 0 radical (unpaired) electrons. The Kier molecular flexibility index (Phi) is 11.9. The van der Waals surface area contributed by atoms with Crippen molar-refractivity contribution in [3.63, 3.8) is 0 Å². The fourth-order valence-electron chi connectivity index (χ4n) is 4.12. The van der Waals surface area contributed by atoms with Crippen LogP contribution in [0.25, 0.3) is 0 Å². The molecule has 138 valence electrons. The molecule has 25 heavy (non-hydrogen) atoms. The van der Waals surface area contributed by atoms with Crippen LogP contribution in [-0.2, 0) is 20.4 Å². The third-order valence-corrected chi connectivity index (χ3v) is 13.8. The molecule has 0 bridgehead atoms. The van der Waals surface area contributed by atoms with Gasteiger partial charge in [0.1, 0.15) is 0 Å². The number of halogens is 3. The van der Waals surface area contributed by atoms with Gasteiger partial charge < -0.3 is 37.2 Å². The fourth-order valence-corrected chi connectivity index (χ4v) is 11.1. The SMILES string of the molecule is CCCC[Si](C)(c1ccccc1)C1(C)C(C)=C(C)C(C)=[C]1[Ti+3].[Cl-].[Cl-].[Cl-]. The fraction of sp³-hybridized carbons (Fsp3) is 0.500. The first-order chi connectivity index (χ1) is 10.3. The maximum absolute atomic E-state index is 2.62. The molecule has 0 amide bonds. The van der Waals surface area contributed by atoms with Gasteiger partial charge in [0.25, 0.3) is 0 Å². The molecule has 0 aromatic heterocycles. The predicted octanol–water partition coefficient (Wildman–Crippen LogP) is -3.28. The topological polar surface area (TPSA) is 0 Å². The van der Waals surface area contributed by atoms with Crippen molar-refractivity contribution in [1.29, 1.82) is 0 Å². The summed E-state index contributed by atoms with van der Waals surface area (Å²) in [7, 11) is -1.66. The largest absolute Gasteiger partial charge is 1.00 e. The molecule has 1 aliphatic carbocycles. The van der Waals surface area contributed by atoms with Crippen LogP contribution in [0.2, 0.25) is 17.6 Å². The first-order valence-electron chi connectivity index (χ1n) is 8.47. The van der Waals surface area contributed by atoms with Crippen molar-refractivity contribution < 1.29 is 57.7 Å². The molecule has 0 saturated heterocycles. The summed E-state index contributed by atoms with van der Waals surface area (Å²) in [6, 6.07) is 12.7. The van der Waals surface area contributed by atoms with E-state index in [0.29, 0.717) is 0 Å². The van der Waals surface area contributed by atoms with Gasteiger partial charge in [-0.05, 0) is 0 Å². The molecule has 0 aliphatic heterocycles. The summed E-state index contributed by atoms with van der Waals surface area (Å²) in [6.07, 6.45) is 2.63. The zero-order valence-electron chi connectivity index (χ0n) is 16.1. The van der Waals surface area contributed by atoms with Crippen molar-refractivity contribution >= 4 is 13.3 Å². The summed E-state index contributed by atoms with van der Waals surface area (Å²) >= 11 is 2.38. The number of hydrogen-bond donors (Lipinski definition) is 0. The van der Waals surface area contributed by atoms with Gasteiger partial charge in [0.05, 0.1) is 0 Å². The zero-order chi connectivity index (χ0) is 16.5. The molecule has 1 aromatic carbocycles. The Morgan fingerprint density at radius 3 is 1.88 bits per heavy atom. The van der Waals surface area contributed by atoms with Crippen LogP contribution in [-0.4, -0.2) is 8.07 Å². The van der Waals surface area contributed by atoms with Crippen molar-refractivity contribution in [2.45, 2.75) is 65.1 Å². The van der Waals surface area contributed by atoms with E-state index in [4.69, 9.17) is 0 Å². The van der Waals surface area contributed by atoms with Crippen LogP contribution in [0.4, 0.5) is 0 Å². The van der Waals surface area contributed by atoms with Gasteiger partial charge in [-0.2, -0.15) is 0 Å². The minimum absolute atomic E-state index is 0. The first-order valence-corrected chi connectivity index (χ1v) is 12.0. The van der Waals surface area contributed by atoms with E-state index >= 15 is 0 Å². The molecule has 0 heterocycles. The van der Waals surface area contributed by atoms with Gasteiger partial charge in [-0.15, -0.1) is 0 Å². The summed E-state index contributed by atoms with van der Waals surface area (Å²) < 4.78 is 1.62. The quantitative estimate of drug-likeness (QED) is 0.412. The third-order valence-electron chi connectivity index (χ3n) is 6.29. The van der Waals surface area contributed by atoms with Crippen LogP contribution in [0.1, 0.15) is 47.5 Å². The average molecular weight is 452 g/mol. The standard InChI is InChI=1S/C20H29Si.3ClH.Ti/c1-7-8-14-21(6,19-12-10-9-11-13-19)20(5)15-16(2)17(3)18(20)4;;;;/h9-13H,7-8,14H2,1-6H3;3*1H;/q;;;;+3/p-3. The molecule has 5 heteroatoms. The van der Waals surface area contributed by atoms with Gasteiger partial charge in [0, 0.05) is 0 Å². The molecule has 2 rings (SSSR count). The Hall–Kier alpha value is 0.501. The molecule has 2 unspecified atom stereocenters. The van der Waals surface area contributed by atoms with E-state index in [2.05, 4.69) is 91.9 Å². The number of hydrogen-bond acceptors (Lipinski definition) is 0. The van der Waals surface area contributed by atoms with Crippen LogP contribution in [0.15, 0.2) is 50.9 Å². The van der Waals surface area contributed by atoms with E-state index in [-0.39, 0.29) is 42.3 Å². The molecule has 0 nitrogen and oxygen atoms in total. The number of unbranched alkanes of at least 4 members (excludes halogenated alkanes) is 1. The second-order valence-corrected chi connectivity index (χ2v) is 12.7. The minimum Gasteiger partial charge on any atom is -1.00 e. The average Bonchev–Trinajstić information content (AvgIpc) is 2.70. The molecule has 0 spiro atoms. The Bertz CT molecular complexity index is 601. The van der Waals surface area contributed by atoms with Crippen LogP contribution < -0.4 is 42.4 Å². The van der Waals surface area contributed by atoms with Crippen molar-refractivity contribution in [2.24, 2.45) is 0 Å². The molecule has 0 fully saturated rings. The number of rotatable bonds is 5. The maximum Gasteiger partial charge on any atom is -1.00 e. The number of benzene rings is 1. The molecule has 1 aromatic rings. The summed E-state index contributed by atoms with van der Waals surface area (Å²) in [6.45, 7) is 14.5. The molecule has 1 aliphatic rings. The van der Waals surface area contributed by atoms with E-state index < -0.39 is 8.07 Å². The van der Waals surface area contributed by atoms with E-state index in [1.165, 1.54) is 30.0 Å². The normalized spacial score (nSPS) is 21.9. The molecule has 2 atom stereocenters. The number of allylic oxidation sites excluding steroid dienone is 4. The summed E-state index contributed by atoms with van der Waals surface area (Å²) in [4.78, 5) is 0. The van der Waals surface area contributed by atoms with E-state index in [1.54, 1.807) is 14.6 Å². The first kappa shape index (κ1) is 27.7. The van der Waals surface area contributed by atoms with E-state index in [1.807, 2.05) is 0 Å². The van der Waals surface area contributed by atoms with Gasteiger partial charge in [-0.1, -0.05) is 0 Å². The van der Waals surface area contributed by atoms with Crippen molar-refractivity contribution in [3.8, 4) is 0 Å². The minimum atomic E-state index is -1.66. The molecule has 0 N–H and O–H groups in total. The Morgan fingerprint density at radius 2 is 1.48 bits per heavy atom. The second-order valence-electron chi connectivity index (χ2n) is 7.18. The summed E-state index contributed by atoms with van der Waals surface area (Å²) in [5.74, 6) is 0. The van der Waals surface area contributed by atoms with E-state index in [0.717, 1.165) is 0 Å². The Balaban J connectivity index is 0. The van der Waals surface area contributed by atoms with Crippen molar-refractivity contribution in [1.82, 2.24) is 0 Å². The molecular weight excluding hydrogens is 423 g/mol. The Labute approximate surface area is 186 Å². The van der Waals surface area contributed by atoms with Crippen LogP contribution in [0, 0.1) is 0 Å². The van der Waals surface area contributed by atoms with Gasteiger partial charge >= 0.3 is 150 Å². The van der Waals surface area contributed by atoms with Gasteiger partial charge in [0.15, 0.2) is 0 Å². The maximum atomic E-state index is 2.62. The van der Waals surface area contributed by atoms with Crippen LogP contribution in [0.3, 0.4) is 0 Å². The molecule has 0 saturated carbocycles. The third kappa shape index (κ3) is 4.50. The van der Waals surface area contributed by atoms with Crippen molar-refractivity contribution in [2.75, 3.05) is 0 Å². The zero-order valence-corrected chi connectivity index (χ0v) is 21.0. The van der Waals surface area contributed by atoms with Gasteiger partial charge in [-0.25, -0.2) is 0 Å². The molecular formula is C20H29Cl3SiTi. The summed E-state index contributed by atoms with van der Waals surface area (Å²) in [5, 5.41) is 1.88. The van der Waals surface area contributed by atoms with Crippen molar-refractivity contribution in [3.05, 3.63) is 50.9 Å². The van der Waals surface area contributed by atoms with Gasteiger partial charge in [0.2, 0.25) is 0 Å². The smallest absolute Gasteiger partial charge is 1.00 e. The predicted molar refractivity (Wildman–Crippen MR) is 96.9 cm³/mol. The Morgan fingerprint density at radius 1 is 0.960 bits per heavy atom. The summed E-state index contributed by atoms with van der Waals surface area (Å²) in [5.41, 5.74) is 4.69.